The molecule has 3 rings (SSSR count). The van der Waals surface area contributed by atoms with Gasteiger partial charge in [-0.2, -0.15) is 0 Å². The van der Waals surface area contributed by atoms with Gasteiger partial charge in [-0.15, -0.1) is 0 Å². The summed E-state index contributed by atoms with van der Waals surface area (Å²) in [5, 5.41) is 0.594. The van der Waals surface area contributed by atoms with Crippen molar-refractivity contribution in [3.05, 3.63) is 58.6 Å². The summed E-state index contributed by atoms with van der Waals surface area (Å²) in [5.41, 5.74) is 1.54. The van der Waals surface area contributed by atoms with Crippen LogP contribution in [0.15, 0.2) is 42.5 Å². The third kappa shape index (κ3) is 5.45. The highest BCUT2D eigenvalue weighted by atomic mass is 35.5. The highest BCUT2D eigenvalue weighted by Crippen LogP contribution is 2.40. The minimum absolute atomic E-state index is 0.174. The molecule has 30 heavy (non-hydrogen) atoms. The molecule has 0 spiro atoms. The number of amides is 1. The predicted molar refractivity (Wildman–Crippen MR) is 112 cm³/mol. The molecule has 0 atom stereocenters. The first-order valence-corrected chi connectivity index (χ1v) is 9.64. The minimum atomic E-state index is -0.508. The van der Waals surface area contributed by atoms with Crippen molar-refractivity contribution in [3.8, 4) is 17.2 Å². The topological polar surface area (TPSA) is 74.3 Å². The van der Waals surface area contributed by atoms with Crippen molar-refractivity contribution < 1.29 is 28.5 Å². The maximum absolute atomic E-state index is 12.8. The SMILES string of the molecule is COC(=O)CN(Cc1ccc(Cl)cc1)C(=O)/C=C/c1cc(OC)c2c(c1)OCCO2. The van der Waals surface area contributed by atoms with Crippen LogP contribution in [0.3, 0.4) is 0 Å². The molecule has 2 aromatic carbocycles. The molecular weight excluding hydrogens is 410 g/mol. The molecule has 0 radical (unpaired) electrons. The standard InChI is InChI=1S/C22H22ClNO6/c1-27-18-11-16(12-19-22(18)30-10-9-29-19)5-8-20(25)24(14-21(26)28-2)13-15-3-6-17(23)7-4-15/h3-8,11-12H,9-10,13-14H2,1-2H3/b8-5+. The number of hydrogen-bond donors (Lipinski definition) is 0. The lowest BCUT2D eigenvalue weighted by atomic mass is 10.1. The van der Waals surface area contributed by atoms with Crippen LogP contribution in [0.5, 0.6) is 17.2 Å². The molecule has 1 amide bonds. The second-order valence-corrected chi connectivity index (χ2v) is 6.91. The van der Waals surface area contributed by atoms with Gasteiger partial charge in [0.1, 0.15) is 19.8 Å². The third-order valence-corrected chi connectivity index (χ3v) is 4.67. The van der Waals surface area contributed by atoms with Crippen LogP contribution in [-0.2, 0) is 20.9 Å². The number of carbonyl (C=O) groups excluding carboxylic acids is 2. The molecular formula is C22H22ClNO6. The van der Waals surface area contributed by atoms with Crippen LogP contribution in [0, 0.1) is 0 Å². The van der Waals surface area contributed by atoms with E-state index in [1.807, 2.05) is 0 Å². The number of esters is 1. The van der Waals surface area contributed by atoms with E-state index >= 15 is 0 Å². The van der Waals surface area contributed by atoms with Gasteiger partial charge in [0.15, 0.2) is 11.5 Å². The maximum Gasteiger partial charge on any atom is 0.325 e. The summed E-state index contributed by atoms with van der Waals surface area (Å²) in [4.78, 5) is 26.0. The quantitative estimate of drug-likeness (QED) is 0.494. The van der Waals surface area contributed by atoms with Crippen molar-refractivity contribution in [1.82, 2.24) is 4.90 Å². The molecule has 1 heterocycles. The van der Waals surface area contributed by atoms with Crippen LogP contribution in [0.2, 0.25) is 5.02 Å². The number of carbonyl (C=O) groups is 2. The number of methoxy groups -OCH3 is 2. The highest BCUT2D eigenvalue weighted by molar-refractivity contribution is 6.30. The Hall–Kier alpha value is -3.19. The van der Waals surface area contributed by atoms with Crippen LogP contribution in [-0.4, -0.2) is 50.8 Å². The Bertz CT molecular complexity index is 924. The van der Waals surface area contributed by atoms with E-state index in [9.17, 15) is 9.59 Å². The van der Waals surface area contributed by atoms with Crippen molar-refractivity contribution in [3.63, 3.8) is 0 Å². The normalized spacial score (nSPS) is 12.5. The predicted octanol–water partition coefficient (Wildman–Crippen LogP) is 3.33. The van der Waals surface area contributed by atoms with Gasteiger partial charge in [-0.05, 0) is 41.5 Å². The summed E-state index contributed by atoms with van der Waals surface area (Å²) < 4.78 is 21.3. The van der Waals surface area contributed by atoms with E-state index < -0.39 is 5.97 Å². The van der Waals surface area contributed by atoms with Gasteiger partial charge in [0.05, 0.1) is 14.2 Å². The molecule has 0 N–H and O–H groups in total. The van der Waals surface area contributed by atoms with Crippen LogP contribution in [0.1, 0.15) is 11.1 Å². The molecule has 0 aromatic heterocycles. The van der Waals surface area contributed by atoms with E-state index in [1.54, 1.807) is 42.5 Å². The van der Waals surface area contributed by atoms with Crippen molar-refractivity contribution in [1.29, 1.82) is 0 Å². The molecule has 158 valence electrons. The fourth-order valence-corrected chi connectivity index (χ4v) is 3.03. The van der Waals surface area contributed by atoms with E-state index in [1.165, 1.54) is 25.2 Å². The highest BCUT2D eigenvalue weighted by Gasteiger charge is 2.19. The average Bonchev–Trinajstić information content (AvgIpc) is 2.77. The van der Waals surface area contributed by atoms with Crippen LogP contribution in [0.25, 0.3) is 6.08 Å². The van der Waals surface area contributed by atoms with Crippen molar-refractivity contribution in [2.75, 3.05) is 34.0 Å². The second kappa shape index (κ2) is 10.0. The molecule has 0 saturated heterocycles. The molecule has 0 unspecified atom stereocenters. The first-order valence-electron chi connectivity index (χ1n) is 9.26. The fraction of sp³-hybridized carbons (Fsp3) is 0.273. The Morgan fingerprint density at radius 2 is 1.87 bits per heavy atom. The zero-order valence-electron chi connectivity index (χ0n) is 16.7. The van der Waals surface area contributed by atoms with Gasteiger partial charge in [0.25, 0.3) is 0 Å². The van der Waals surface area contributed by atoms with Crippen molar-refractivity contribution in [2.24, 2.45) is 0 Å². The Balaban J connectivity index is 1.79. The molecule has 8 heteroatoms. The Morgan fingerprint density at radius 3 is 2.57 bits per heavy atom. The van der Waals surface area contributed by atoms with Crippen LogP contribution in [0.4, 0.5) is 0 Å². The summed E-state index contributed by atoms with van der Waals surface area (Å²) in [6.07, 6.45) is 3.03. The Kier molecular flexibility index (Phi) is 7.19. The van der Waals surface area contributed by atoms with Gasteiger partial charge in [-0.1, -0.05) is 23.7 Å². The van der Waals surface area contributed by atoms with E-state index in [0.29, 0.717) is 41.0 Å². The number of halogens is 1. The molecule has 7 nitrogen and oxygen atoms in total. The zero-order valence-corrected chi connectivity index (χ0v) is 17.5. The summed E-state index contributed by atoms with van der Waals surface area (Å²) in [5.74, 6) is 0.769. The molecule has 0 aliphatic carbocycles. The minimum Gasteiger partial charge on any atom is -0.493 e. The zero-order chi connectivity index (χ0) is 21.5. The maximum atomic E-state index is 12.8. The number of fused-ring (bicyclic) bond motifs is 1. The van der Waals surface area contributed by atoms with Gasteiger partial charge < -0.3 is 23.8 Å². The number of rotatable bonds is 7. The monoisotopic (exact) mass is 431 g/mol. The first kappa shape index (κ1) is 21.5. The average molecular weight is 432 g/mol. The molecule has 0 saturated carbocycles. The van der Waals surface area contributed by atoms with Gasteiger partial charge in [0.2, 0.25) is 11.7 Å². The second-order valence-electron chi connectivity index (χ2n) is 6.48. The Morgan fingerprint density at radius 1 is 1.13 bits per heavy atom. The molecule has 1 aliphatic heterocycles. The van der Waals surface area contributed by atoms with E-state index in [2.05, 4.69) is 0 Å². The number of hydrogen-bond acceptors (Lipinski definition) is 6. The smallest absolute Gasteiger partial charge is 0.325 e. The van der Waals surface area contributed by atoms with Crippen molar-refractivity contribution in [2.45, 2.75) is 6.54 Å². The van der Waals surface area contributed by atoms with Crippen molar-refractivity contribution >= 4 is 29.6 Å². The largest absolute Gasteiger partial charge is 0.493 e. The number of ether oxygens (including phenoxy) is 4. The summed E-state index contributed by atoms with van der Waals surface area (Å²) in [6.45, 7) is 0.952. The van der Waals surface area contributed by atoms with E-state index in [4.69, 9.17) is 30.5 Å². The van der Waals surface area contributed by atoms with E-state index in [0.717, 1.165) is 5.56 Å². The molecule has 2 aromatic rings. The fourth-order valence-electron chi connectivity index (χ4n) is 2.90. The van der Waals surface area contributed by atoms with Crippen LogP contribution < -0.4 is 14.2 Å². The van der Waals surface area contributed by atoms with Gasteiger partial charge in [-0.3, -0.25) is 9.59 Å². The summed E-state index contributed by atoms with van der Waals surface area (Å²) >= 11 is 5.92. The number of nitrogens with zero attached hydrogens (tertiary/aromatic N) is 1. The van der Waals surface area contributed by atoms with Gasteiger partial charge in [0, 0.05) is 17.6 Å². The Labute approximate surface area is 179 Å². The lowest BCUT2D eigenvalue weighted by Gasteiger charge is -2.21. The van der Waals surface area contributed by atoms with Gasteiger partial charge >= 0.3 is 5.97 Å². The molecule has 1 aliphatic rings. The molecule has 0 bridgehead atoms. The summed E-state index contributed by atoms with van der Waals surface area (Å²) in [7, 11) is 2.82. The van der Waals surface area contributed by atoms with E-state index in [-0.39, 0.29) is 19.0 Å². The van der Waals surface area contributed by atoms with Gasteiger partial charge in [-0.25, -0.2) is 0 Å². The lowest BCUT2D eigenvalue weighted by Crippen LogP contribution is -2.34. The number of benzene rings is 2. The lowest BCUT2D eigenvalue weighted by molar-refractivity contribution is -0.145. The summed E-state index contributed by atoms with van der Waals surface area (Å²) in [6, 6.07) is 10.6. The first-order chi connectivity index (χ1) is 14.5. The van der Waals surface area contributed by atoms with Crippen LogP contribution >= 0.6 is 11.6 Å². The third-order valence-electron chi connectivity index (χ3n) is 4.41. The molecule has 0 fully saturated rings.